The number of hydroxylamine groups is 2. The summed E-state index contributed by atoms with van der Waals surface area (Å²) in [5.41, 5.74) is 1.01. The summed E-state index contributed by atoms with van der Waals surface area (Å²) in [6.45, 7) is -0.00494. The van der Waals surface area contributed by atoms with Crippen molar-refractivity contribution in [2.24, 2.45) is 0 Å². The number of ether oxygens (including phenoxy) is 1. The van der Waals surface area contributed by atoms with E-state index in [0.29, 0.717) is 11.3 Å². The molecular weight excluding hydrogens is 304 g/mol. The Balaban J connectivity index is 1.69. The standard InChI is InChI=1S/C15H12N2O6/c18-12-4-5-13(19)16(12)10-3-1-2-9(6-10)8-23-11-7-14(20)17(22)15(11)21/h1-6,11,22H,7-8H2. The van der Waals surface area contributed by atoms with Crippen molar-refractivity contribution in [3.8, 4) is 0 Å². The molecule has 2 aliphatic rings. The fourth-order valence-corrected chi connectivity index (χ4v) is 2.36. The molecule has 1 aromatic carbocycles. The highest BCUT2D eigenvalue weighted by Gasteiger charge is 2.38. The first-order chi connectivity index (χ1) is 11.0. The Labute approximate surface area is 130 Å². The molecular formula is C15H12N2O6. The van der Waals surface area contributed by atoms with Crippen LogP contribution in [0.25, 0.3) is 0 Å². The number of nitrogens with zero attached hydrogens (tertiary/aromatic N) is 2. The topological polar surface area (TPSA) is 104 Å². The number of amides is 4. The van der Waals surface area contributed by atoms with Crippen LogP contribution in [0.15, 0.2) is 36.4 Å². The van der Waals surface area contributed by atoms with Crippen molar-refractivity contribution < 1.29 is 29.1 Å². The van der Waals surface area contributed by atoms with E-state index in [1.807, 2.05) is 0 Å². The highest BCUT2D eigenvalue weighted by atomic mass is 16.6. The van der Waals surface area contributed by atoms with Crippen LogP contribution in [0.1, 0.15) is 12.0 Å². The fraction of sp³-hybridized carbons (Fsp3) is 0.200. The third-order valence-electron chi connectivity index (χ3n) is 3.51. The molecule has 23 heavy (non-hydrogen) atoms. The van der Waals surface area contributed by atoms with Gasteiger partial charge in [-0.3, -0.25) is 24.4 Å². The molecule has 0 aromatic heterocycles. The lowest BCUT2D eigenvalue weighted by Gasteiger charge is -2.15. The first-order valence-electron chi connectivity index (χ1n) is 6.79. The molecule has 8 nitrogen and oxygen atoms in total. The Morgan fingerprint density at radius 1 is 1.13 bits per heavy atom. The van der Waals surface area contributed by atoms with Gasteiger partial charge in [0.05, 0.1) is 18.7 Å². The van der Waals surface area contributed by atoms with Crippen LogP contribution in [0.2, 0.25) is 0 Å². The molecule has 1 atom stereocenters. The minimum atomic E-state index is -1.03. The summed E-state index contributed by atoms with van der Waals surface area (Å²) in [5.74, 6) is -2.38. The molecule has 0 radical (unpaired) electrons. The third-order valence-corrected chi connectivity index (χ3v) is 3.51. The lowest BCUT2D eigenvalue weighted by Crippen LogP contribution is -2.30. The maximum absolute atomic E-state index is 11.7. The smallest absolute Gasteiger partial charge is 0.282 e. The van der Waals surface area contributed by atoms with E-state index in [0.717, 1.165) is 4.90 Å². The molecule has 2 heterocycles. The molecule has 1 unspecified atom stereocenters. The van der Waals surface area contributed by atoms with Crippen molar-refractivity contribution in [1.29, 1.82) is 0 Å². The zero-order chi connectivity index (χ0) is 16.6. The molecule has 4 amide bonds. The Morgan fingerprint density at radius 2 is 1.83 bits per heavy atom. The second-order valence-electron chi connectivity index (χ2n) is 5.06. The number of carbonyl (C=O) groups is 4. The summed E-state index contributed by atoms with van der Waals surface area (Å²) >= 11 is 0. The Bertz CT molecular complexity index is 723. The van der Waals surface area contributed by atoms with E-state index < -0.39 is 29.7 Å². The molecule has 1 saturated heterocycles. The lowest BCUT2D eigenvalue weighted by atomic mass is 10.2. The van der Waals surface area contributed by atoms with Gasteiger partial charge in [-0.25, -0.2) is 4.90 Å². The summed E-state index contributed by atoms with van der Waals surface area (Å²) < 4.78 is 5.34. The highest BCUT2D eigenvalue weighted by molar-refractivity contribution is 6.28. The summed E-state index contributed by atoms with van der Waals surface area (Å²) in [6, 6.07) is 6.53. The van der Waals surface area contributed by atoms with Crippen LogP contribution in [0.3, 0.4) is 0 Å². The fourth-order valence-electron chi connectivity index (χ4n) is 2.36. The van der Waals surface area contributed by atoms with E-state index in [1.54, 1.807) is 24.3 Å². The van der Waals surface area contributed by atoms with Crippen LogP contribution >= 0.6 is 0 Å². The van der Waals surface area contributed by atoms with Crippen molar-refractivity contribution in [1.82, 2.24) is 5.06 Å². The number of carbonyl (C=O) groups excluding carboxylic acids is 4. The summed E-state index contributed by atoms with van der Waals surface area (Å²) in [7, 11) is 0. The predicted molar refractivity (Wildman–Crippen MR) is 74.9 cm³/mol. The average Bonchev–Trinajstić information content (AvgIpc) is 2.99. The molecule has 0 bridgehead atoms. The second-order valence-corrected chi connectivity index (χ2v) is 5.06. The first kappa shape index (κ1) is 15.1. The van der Waals surface area contributed by atoms with Crippen molar-refractivity contribution in [2.75, 3.05) is 4.90 Å². The quantitative estimate of drug-likeness (QED) is 0.626. The zero-order valence-corrected chi connectivity index (χ0v) is 11.8. The van der Waals surface area contributed by atoms with Gasteiger partial charge in [0.25, 0.3) is 23.6 Å². The van der Waals surface area contributed by atoms with Crippen molar-refractivity contribution >= 4 is 29.3 Å². The number of hydrogen-bond acceptors (Lipinski definition) is 6. The van der Waals surface area contributed by atoms with Gasteiger partial charge in [-0.1, -0.05) is 12.1 Å². The molecule has 0 aliphatic carbocycles. The molecule has 0 saturated carbocycles. The molecule has 8 heteroatoms. The predicted octanol–water partition coefficient (Wildman–Crippen LogP) is 0.149. The van der Waals surface area contributed by atoms with Gasteiger partial charge >= 0.3 is 0 Å². The number of imide groups is 2. The van der Waals surface area contributed by atoms with E-state index in [9.17, 15) is 19.2 Å². The molecule has 0 spiro atoms. The Kier molecular flexibility index (Phi) is 3.77. The van der Waals surface area contributed by atoms with Gasteiger partial charge in [-0.05, 0) is 17.7 Å². The number of hydrogen-bond donors (Lipinski definition) is 1. The maximum atomic E-state index is 11.7. The summed E-state index contributed by atoms with van der Waals surface area (Å²) in [5, 5.41) is 9.20. The van der Waals surface area contributed by atoms with Gasteiger partial charge in [0.2, 0.25) is 0 Å². The van der Waals surface area contributed by atoms with Crippen LogP contribution in [0.4, 0.5) is 5.69 Å². The van der Waals surface area contributed by atoms with Gasteiger partial charge in [0, 0.05) is 12.2 Å². The number of benzene rings is 1. The van der Waals surface area contributed by atoms with Crippen molar-refractivity contribution in [3.63, 3.8) is 0 Å². The Morgan fingerprint density at radius 3 is 2.43 bits per heavy atom. The van der Waals surface area contributed by atoms with Crippen LogP contribution in [0.5, 0.6) is 0 Å². The zero-order valence-electron chi connectivity index (χ0n) is 11.8. The van der Waals surface area contributed by atoms with Gasteiger partial charge in [0.15, 0.2) is 0 Å². The van der Waals surface area contributed by atoms with Crippen LogP contribution in [0, 0.1) is 0 Å². The maximum Gasteiger partial charge on any atom is 0.282 e. The van der Waals surface area contributed by atoms with E-state index in [4.69, 9.17) is 9.94 Å². The second kappa shape index (κ2) is 5.75. The Hall–Kier alpha value is -2.84. The minimum absolute atomic E-state index is 0.00494. The normalized spacial score (nSPS) is 21.0. The minimum Gasteiger partial charge on any atom is -0.363 e. The van der Waals surface area contributed by atoms with Crippen molar-refractivity contribution in [2.45, 2.75) is 19.1 Å². The van der Waals surface area contributed by atoms with Crippen molar-refractivity contribution in [3.05, 3.63) is 42.0 Å². The number of rotatable bonds is 4. The lowest BCUT2D eigenvalue weighted by molar-refractivity contribution is -0.174. The van der Waals surface area contributed by atoms with Crippen LogP contribution in [-0.4, -0.2) is 40.0 Å². The average molecular weight is 316 g/mol. The molecule has 2 aliphatic heterocycles. The van der Waals surface area contributed by atoms with E-state index >= 15 is 0 Å². The van der Waals surface area contributed by atoms with Crippen LogP contribution in [-0.2, 0) is 30.5 Å². The molecule has 1 aromatic rings. The van der Waals surface area contributed by atoms with Gasteiger partial charge in [0.1, 0.15) is 6.10 Å². The first-order valence-corrected chi connectivity index (χ1v) is 6.79. The summed E-state index contributed by atoms with van der Waals surface area (Å²) in [4.78, 5) is 47.0. The van der Waals surface area contributed by atoms with Crippen LogP contribution < -0.4 is 4.90 Å². The van der Waals surface area contributed by atoms with Gasteiger partial charge < -0.3 is 4.74 Å². The van der Waals surface area contributed by atoms with Gasteiger partial charge in [-0.15, -0.1) is 0 Å². The van der Waals surface area contributed by atoms with E-state index in [1.165, 1.54) is 12.2 Å². The van der Waals surface area contributed by atoms with Gasteiger partial charge in [-0.2, -0.15) is 5.06 Å². The third kappa shape index (κ3) is 2.77. The number of anilines is 1. The molecule has 1 N–H and O–H groups in total. The monoisotopic (exact) mass is 316 g/mol. The van der Waals surface area contributed by atoms with E-state index in [-0.39, 0.29) is 18.1 Å². The summed E-state index contributed by atoms with van der Waals surface area (Å²) in [6.07, 6.45) is 1.11. The SMILES string of the molecule is O=C1CC(OCc2cccc(N3C(=O)C=CC3=O)c2)C(=O)N1O. The largest absolute Gasteiger partial charge is 0.363 e. The van der Waals surface area contributed by atoms with E-state index in [2.05, 4.69) is 0 Å². The molecule has 3 rings (SSSR count). The highest BCUT2D eigenvalue weighted by Crippen LogP contribution is 2.22. The molecule has 1 fully saturated rings. The molecule has 118 valence electrons.